The third kappa shape index (κ3) is 12.8. The van der Waals surface area contributed by atoms with Gasteiger partial charge < -0.3 is 14.2 Å². The molecule has 4 nitrogen and oxygen atoms in total. The number of hydrogen-bond donors (Lipinski definition) is 0. The largest absolute Gasteiger partial charge is 0.493 e. The van der Waals surface area contributed by atoms with Crippen LogP contribution < -0.4 is 9.47 Å². The molecule has 1 aromatic carbocycles. The molecule has 0 unspecified atom stereocenters. The second-order valence-corrected chi connectivity index (χ2v) is 8.12. The highest BCUT2D eigenvalue weighted by molar-refractivity contribution is 5.90. The first-order chi connectivity index (χ1) is 14.7. The van der Waals surface area contributed by atoms with Gasteiger partial charge in [-0.1, -0.05) is 90.9 Å². The van der Waals surface area contributed by atoms with Crippen LogP contribution in [0.5, 0.6) is 11.5 Å². The first kappa shape index (κ1) is 26.3. The monoisotopic (exact) mass is 420 g/mol. The maximum atomic E-state index is 12.0. The van der Waals surface area contributed by atoms with Crippen LogP contribution in [0, 0.1) is 0 Å². The minimum Gasteiger partial charge on any atom is -0.493 e. The van der Waals surface area contributed by atoms with E-state index in [-0.39, 0.29) is 5.97 Å². The maximum absolute atomic E-state index is 12.0. The van der Waals surface area contributed by atoms with Crippen LogP contribution in [0.3, 0.4) is 0 Å². The van der Waals surface area contributed by atoms with Crippen molar-refractivity contribution in [3.63, 3.8) is 0 Å². The van der Waals surface area contributed by atoms with Crippen LogP contribution in [-0.4, -0.2) is 26.3 Å². The van der Waals surface area contributed by atoms with Crippen LogP contribution in [0.15, 0.2) is 18.2 Å². The van der Waals surface area contributed by atoms with E-state index in [2.05, 4.69) is 13.8 Å². The highest BCUT2D eigenvalue weighted by Gasteiger charge is 2.11. The summed E-state index contributed by atoms with van der Waals surface area (Å²) >= 11 is 0. The summed E-state index contributed by atoms with van der Waals surface area (Å²) in [6.07, 6.45) is 17.5. The first-order valence-corrected chi connectivity index (χ1v) is 12.2. The number of ether oxygens (including phenoxy) is 3. The average Bonchev–Trinajstić information content (AvgIpc) is 2.76. The fourth-order valence-corrected chi connectivity index (χ4v) is 3.47. The highest BCUT2D eigenvalue weighted by Crippen LogP contribution is 2.24. The molecule has 0 aliphatic heterocycles. The lowest BCUT2D eigenvalue weighted by molar-refractivity contribution is 0.0599. The van der Waals surface area contributed by atoms with Crippen LogP contribution >= 0.6 is 0 Å². The van der Waals surface area contributed by atoms with Gasteiger partial charge >= 0.3 is 5.97 Å². The van der Waals surface area contributed by atoms with Crippen LogP contribution in [0.2, 0.25) is 0 Å². The predicted octanol–water partition coefficient (Wildman–Crippen LogP) is 7.73. The van der Waals surface area contributed by atoms with E-state index in [1.54, 1.807) is 12.1 Å². The molecule has 4 heteroatoms. The van der Waals surface area contributed by atoms with Gasteiger partial charge in [0.1, 0.15) is 11.5 Å². The molecule has 0 saturated carbocycles. The molecule has 30 heavy (non-hydrogen) atoms. The van der Waals surface area contributed by atoms with Gasteiger partial charge in [0.2, 0.25) is 0 Å². The third-order valence-corrected chi connectivity index (χ3v) is 5.33. The minimum atomic E-state index is -0.364. The van der Waals surface area contributed by atoms with Crippen molar-refractivity contribution in [3.8, 4) is 11.5 Å². The molecule has 172 valence electrons. The molecule has 0 amide bonds. The summed E-state index contributed by atoms with van der Waals surface area (Å²) in [7, 11) is 1.40. The predicted molar refractivity (Wildman–Crippen MR) is 125 cm³/mol. The molecule has 0 aliphatic carbocycles. The van der Waals surface area contributed by atoms with Crippen LogP contribution in [-0.2, 0) is 4.74 Å². The molecule has 0 radical (unpaired) electrons. The van der Waals surface area contributed by atoms with E-state index in [4.69, 9.17) is 14.2 Å². The number of carbonyl (C=O) groups excluding carboxylic acids is 1. The Hall–Kier alpha value is -1.71. The number of methoxy groups -OCH3 is 1. The number of benzene rings is 1. The second kappa shape index (κ2) is 18.1. The zero-order chi connectivity index (χ0) is 21.9. The third-order valence-electron chi connectivity index (χ3n) is 5.33. The van der Waals surface area contributed by atoms with Gasteiger partial charge in [0.05, 0.1) is 25.9 Å². The molecule has 0 spiro atoms. The van der Waals surface area contributed by atoms with E-state index in [0.29, 0.717) is 30.3 Å². The molecular formula is C26H44O4. The molecule has 0 atom stereocenters. The Balaban J connectivity index is 2.39. The number of esters is 1. The van der Waals surface area contributed by atoms with E-state index in [1.165, 1.54) is 84.2 Å². The number of hydrogen-bond acceptors (Lipinski definition) is 4. The molecule has 1 rings (SSSR count). The quantitative estimate of drug-likeness (QED) is 0.170. The van der Waals surface area contributed by atoms with E-state index in [0.717, 1.165) is 12.8 Å². The molecule has 0 N–H and O–H groups in total. The summed E-state index contributed by atoms with van der Waals surface area (Å²) in [5.41, 5.74) is 0.476. The Morgan fingerprint density at radius 1 is 0.633 bits per heavy atom. The summed E-state index contributed by atoms with van der Waals surface area (Å²) in [5, 5.41) is 0. The molecule has 0 bridgehead atoms. The molecule has 0 heterocycles. The van der Waals surface area contributed by atoms with Gasteiger partial charge in [0.15, 0.2) is 0 Å². The summed E-state index contributed by atoms with van der Waals surface area (Å²) in [4.78, 5) is 12.0. The first-order valence-electron chi connectivity index (χ1n) is 12.2. The Bertz CT molecular complexity index is 518. The van der Waals surface area contributed by atoms with Gasteiger partial charge in [0.25, 0.3) is 0 Å². The fourth-order valence-electron chi connectivity index (χ4n) is 3.47. The normalized spacial score (nSPS) is 10.8. The van der Waals surface area contributed by atoms with Crippen molar-refractivity contribution in [2.75, 3.05) is 20.3 Å². The van der Waals surface area contributed by atoms with Crippen molar-refractivity contribution in [2.24, 2.45) is 0 Å². The number of unbranched alkanes of at least 4 members (excludes halogenated alkanes) is 12. The lowest BCUT2D eigenvalue weighted by Gasteiger charge is -2.12. The highest BCUT2D eigenvalue weighted by atomic mass is 16.5. The van der Waals surface area contributed by atoms with Gasteiger partial charge in [-0.25, -0.2) is 4.79 Å². The second-order valence-electron chi connectivity index (χ2n) is 8.12. The lowest BCUT2D eigenvalue weighted by Crippen LogP contribution is -2.05. The standard InChI is InChI=1S/C26H44O4/c1-4-6-8-10-12-14-16-18-29-24-20-23(26(27)28-3)21-25(22-24)30-19-17-15-13-11-9-7-5-2/h20-22H,4-19H2,1-3H3. The van der Waals surface area contributed by atoms with Crippen molar-refractivity contribution in [3.05, 3.63) is 23.8 Å². The van der Waals surface area contributed by atoms with Crippen molar-refractivity contribution in [1.29, 1.82) is 0 Å². The molecule has 1 aromatic rings. The molecular weight excluding hydrogens is 376 g/mol. The van der Waals surface area contributed by atoms with E-state index < -0.39 is 0 Å². The average molecular weight is 421 g/mol. The van der Waals surface area contributed by atoms with Gasteiger partial charge in [-0.05, 0) is 25.0 Å². The zero-order valence-corrected chi connectivity index (χ0v) is 19.7. The molecule has 0 aromatic heterocycles. The van der Waals surface area contributed by atoms with E-state index >= 15 is 0 Å². The van der Waals surface area contributed by atoms with Crippen LogP contribution in [0.25, 0.3) is 0 Å². The van der Waals surface area contributed by atoms with Crippen molar-refractivity contribution in [2.45, 2.75) is 104 Å². The number of carbonyl (C=O) groups is 1. The summed E-state index contributed by atoms with van der Waals surface area (Å²) in [6, 6.07) is 5.37. The van der Waals surface area contributed by atoms with Crippen LogP contribution in [0.4, 0.5) is 0 Å². The molecule has 0 aliphatic rings. The topological polar surface area (TPSA) is 44.8 Å². The molecule has 0 saturated heterocycles. The number of rotatable bonds is 19. The van der Waals surface area contributed by atoms with Gasteiger partial charge in [0, 0.05) is 6.07 Å². The summed E-state index contributed by atoms with van der Waals surface area (Å²) in [5.74, 6) is 0.994. The van der Waals surface area contributed by atoms with Crippen molar-refractivity contribution >= 4 is 5.97 Å². The Morgan fingerprint density at radius 3 is 1.43 bits per heavy atom. The Labute approximate surface area is 184 Å². The van der Waals surface area contributed by atoms with Gasteiger partial charge in [-0.2, -0.15) is 0 Å². The Morgan fingerprint density at radius 2 is 1.03 bits per heavy atom. The van der Waals surface area contributed by atoms with E-state index in [9.17, 15) is 4.79 Å². The fraction of sp³-hybridized carbons (Fsp3) is 0.731. The summed E-state index contributed by atoms with van der Waals surface area (Å²) in [6.45, 7) is 5.80. The smallest absolute Gasteiger partial charge is 0.338 e. The molecule has 0 fully saturated rings. The SMILES string of the molecule is CCCCCCCCCOc1cc(OCCCCCCCCC)cc(C(=O)OC)c1. The Kier molecular flexibility index (Phi) is 15.9. The lowest BCUT2D eigenvalue weighted by atomic mass is 10.1. The van der Waals surface area contributed by atoms with Gasteiger partial charge in [-0.3, -0.25) is 0 Å². The van der Waals surface area contributed by atoms with Crippen LogP contribution in [0.1, 0.15) is 114 Å². The summed E-state index contributed by atoms with van der Waals surface area (Å²) < 4.78 is 16.7. The zero-order valence-electron chi connectivity index (χ0n) is 19.7. The maximum Gasteiger partial charge on any atom is 0.338 e. The minimum absolute atomic E-state index is 0.364. The van der Waals surface area contributed by atoms with E-state index in [1.807, 2.05) is 6.07 Å². The van der Waals surface area contributed by atoms with Crippen molar-refractivity contribution in [1.82, 2.24) is 0 Å². The van der Waals surface area contributed by atoms with Crippen molar-refractivity contribution < 1.29 is 19.0 Å². The van der Waals surface area contributed by atoms with Gasteiger partial charge in [-0.15, -0.1) is 0 Å².